The van der Waals surface area contributed by atoms with E-state index in [-0.39, 0.29) is 4.90 Å². The van der Waals surface area contributed by atoms with E-state index in [4.69, 9.17) is 10.5 Å². The van der Waals surface area contributed by atoms with Crippen LogP contribution in [0, 0.1) is 0 Å². The Kier molecular flexibility index (Phi) is 6.23. The molecule has 3 N–H and O–H groups in total. The summed E-state index contributed by atoms with van der Waals surface area (Å²) in [6.07, 6.45) is 0. The van der Waals surface area contributed by atoms with Gasteiger partial charge in [-0.15, -0.1) is 0 Å². The molecule has 6 nitrogen and oxygen atoms in total. The number of hydrogen-bond acceptors (Lipinski definition) is 5. The van der Waals surface area contributed by atoms with E-state index in [0.29, 0.717) is 25.4 Å². The van der Waals surface area contributed by atoms with Gasteiger partial charge in [0.2, 0.25) is 10.0 Å². The van der Waals surface area contributed by atoms with Gasteiger partial charge in [-0.2, -0.15) is 0 Å². The van der Waals surface area contributed by atoms with Gasteiger partial charge in [-0.1, -0.05) is 6.07 Å². The minimum atomic E-state index is -3.49. The van der Waals surface area contributed by atoms with Crippen molar-refractivity contribution in [3.63, 3.8) is 0 Å². The number of nitrogens with zero attached hydrogens (tertiary/aromatic N) is 1. The maximum Gasteiger partial charge on any atom is 0.240 e. The molecule has 0 amide bonds. The first kappa shape index (κ1) is 15.9. The molecule has 108 valence electrons. The molecule has 1 rings (SSSR count). The lowest BCUT2D eigenvalue weighted by atomic mass is 10.3. The summed E-state index contributed by atoms with van der Waals surface area (Å²) in [7, 11) is 0.0589. The van der Waals surface area contributed by atoms with Crippen LogP contribution in [-0.4, -0.2) is 53.7 Å². The molecule has 0 atom stereocenters. The molecular weight excluding hydrogens is 266 g/mol. The summed E-state index contributed by atoms with van der Waals surface area (Å²) < 4.78 is 31.4. The van der Waals surface area contributed by atoms with Gasteiger partial charge in [0, 0.05) is 32.4 Å². The van der Waals surface area contributed by atoms with E-state index in [0.717, 1.165) is 6.54 Å². The van der Waals surface area contributed by atoms with Crippen molar-refractivity contribution in [3.8, 4) is 0 Å². The molecule has 0 unspecified atom stereocenters. The lowest BCUT2D eigenvalue weighted by Gasteiger charge is -2.16. The number of methoxy groups -OCH3 is 1. The monoisotopic (exact) mass is 287 g/mol. The van der Waals surface area contributed by atoms with Gasteiger partial charge >= 0.3 is 0 Å². The zero-order chi connectivity index (χ0) is 14.3. The fraction of sp³-hybridized carbons (Fsp3) is 0.500. The molecule has 0 bridgehead atoms. The van der Waals surface area contributed by atoms with Crippen LogP contribution in [0.1, 0.15) is 0 Å². The Morgan fingerprint density at radius 3 is 2.74 bits per heavy atom. The summed E-state index contributed by atoms with van der Waals surface area (Å²) in [6, 6.07) is 6.23. The molecule has 0 aliphatic heterocycles. The molecule has 0 aliphatic rings. The largest absolute Gasteiger partial charge is 0.399 e. The third-order valence-electron chi connectivity index (χ3n) is 2.63. The number of nitrogens with two attached hydrogens (primary N) is 1. The highest BCUT2D eigenvalue weighted by Crippen LogP contribution is 2.12. The van der Waals surface area contributed by atoms with Crippen molar-refractivity contribution in [1.29, 1.82) is 0 Å². The molecule has 1 aromatic carbocycles. The highest BCUT2D eigenvalue weighted by molar-refractivity contribution is 7.89. The molecule has 0 aromatic heterocycles. The molecule has 0 heterocycles. The average molecular weight is 287 g/mol. The van der Waals surface area contributed by atoms with E-state index < -0.39 is 10.0 Å². The van der Waals surface area contributed by atoms with E-state index in [1.807, 2.05) is 11.9 Å². The van der Waals surface area contributed by atoms with Gasteiger partial charge in [0.1, 0.15) is 0 Å². The smallest absolute Gasteiger partial charge is 0.240 e. The van der Waals surface area contributed by atoms with Gasteiger partial charge in [0.25, 0.3) is 0 Å². The number of sulfonamides is 1. The predicted octanol–water partition coefficient (Wildman–Crippen LogP) is 0.125. The second kappa shape index (κ2) is 7.44. The van der Waals surface area contributed by atoms with Crippen LogP contribution in [-0.2, 0) is 14.8 Å². The van der Waals surface area contributed by atoms with Crippen LogP contribution >= 0.6 is 0 Å². The van der Waals surface area contributed by atoms with Crippen molar-refractivity contribution in [1.82, 2.24) is 9.62 Å². The summed E-state index contributed by atoms with van der Waals surface area (Å²) in [4.78, 5) is 2.18. The summed E-state index contributed by atoms with van der Waals surface area (Å²) in [5, 5.41) is 0. The predicted molar refractivity (Wildman–Crippen MR) is 75.4 cm³/mol. The first-order valence-corrected chi connectivity index (χ1v) is 7.46. The highest BCUT2D eigenvalue weighted by atomic mass is 32.2. The van der Waals surface area contributed by atoms with Gasteiger partial charge in [-0.05, 0) is 25.2 Å². The molecule has 1 aromatic rings. The third-order valence-corrected chi connectivity index (χ3v) is 4.09. The van der Waals surface area contributed by atoms with E-state index >= 15 is 0 Å². The fourth-order valence-electron chi connectivity index (χ4n) is 1.49. The molecule has 0 aliphatic carbocycles. The minimum absolute atomic E-state index is 0.187. The molecule has 7 heteroatoms. The Morgan fingerprint density at radius 1 is 1.37 bits per heavy atom. The Balaban J connectivity index is 2.48. The lowest BCUT2D eigenvalue weighted by Crippen LogP contribution is -2.34. The summed E-state index contributed by atoms with van der Waals surface area (Å²) in [5.74, 6) is 0. The third kappa shape index (κ3) is 5.56. The van der Waals surface area contributed by atoms with Gasteiger partial charge in [-0.3, -0.25) is 0 Å². The molecule has 19 heavy (non-hydrogen) atoms. The Morgan fingerprint density at radius 2 is 2.11 bits per heavy atom. The van der Waals surface area contributed by atoms with Crippen LogP contribution in [0.5, 0.6) is 0 Å². The lowest BCUT2D eigenvalue weighted by molar-refractivity contribution is 0.162. The molecule has 0 spiro atoms. The number of nitrogen functional groups attached to an aromatic ring is 1. The maximum absolute atomic E-state index is 12.0. The quantitative estimate of drug-likeness (QED) is 0.664. The summed E-state index contributed by atoms with van der Waals surface area (Å²) in [5.41, 5.74) is 6.00. The Bertz CT molecular complexity index is 491. The first-order chi connectivity index (χ1) is 8.95. The number of hydrogen-bond donors (Lipinski definition) is 2. The van der Waals surface area contributed by atoms with Crippen molar-refractivity contribution >= 4 is 15.7 Å². The van der Waals surface area contributed by atoms with Crippen molar-refractivity contribution in [3.05, 3.63) is 24.3 Å². The standard InChI is InChI=1S/C12H21N3O3S/c1-15(8-9-18-2)7-6-14-19(16,17)12-5-3-4-11(13)10-12/h3-5,10,14H,6-9,13H2,1-2H3. The summed E-state index contributed by atoms with van der Waals surface area (Å²) in [6.45, 7) is 2.34. The van der Waals surface area contributed by atoms with E-state index in [9.17, 15) is 8.42 Å². The maximum atomic E-state index is 12.0. The van der Waals surface area contributed by atoms with Crippen molar-refractivity contribution in [2.45, 2.75) is 4.90 Å². The van der Waals surface area contributed by atoms with Crippen LogP contribution in [0.3, 0.4) is 0 Å². The molecule has 0 radical (unpaired) electrons. The van der Waals surface area contributed by atoms with Gasteiger partial charge in [0.15, 0.2) is 0 Å². The van der Waals surface area contributed by atoms with Gasteiger partial charge < -0.3 is 15.4 Å². The molecular formula is C12H21N3O3S. The average Bonchev–Trinajstić information content (AvgIpc) is 2.36. The van der Waals surface area contributed by atoms with E-state index in [1.54, 1.807) is 19.2 Å². The number of benzene rings is 1. The number of likely N-dealkylation sites (N-methyl/N-ethyl adjacent to an activating group) is 1. The summed E-state index contributed by atoms with van der Waals surface area (Å²) >= 11 is 0. The van der Waals surface area contributed by atoms with Gasteiger partial charge in [-0.25, -0.2) is 13.1 Å². The Labute approximate surface area is 114 Å². The van der Waals surface area contributed by atoms with Crippen LogP contribution in [0.4, 0.5) is 5.69 Å². The highest BCUT2D eigenvalue weighted by Gasteiger charge is 2.13. The fourth-order valence-corrected chi connectivity index (χ4v) is 2.57. The topological polar surface area (TPSA) is 84.7 Å². The van der Waals surface area contributed by atoms with Crippen LogP contribution in [0.15, 0.2) is 29.2 Å². The van der Waals surface area contributed by atoms with Crippen molar-refractivity contribution in [2.75, 3.05) is 46.1 Å². The van der Waals surface area contributed by atoms with Crippen LogP contribution in [0.25, 0.3) is 0 Å². The van der Waals surface area contributed by atoms with Crippen LogP contribution in [0.2, 0.25) is 0 Å². The second-order valence-electron chi connectivity index (χ2n) is 4.27. The Hall–Kier alpha value is -1.15. The van der Waals surface area contributed by atoms with E-state index in [1.165, 1.54) is 12.1 Å². The number of rotatable bonds is 8. The normalized spacial score (nSPS) is 11.9. The molecule has 0 saturated heterocycles. The zero-order valence-corrected chi connectivity index (χ0v) is 12.1. The number of ether oxygens (including phenoxy) is 1. The molecule has 0 saturated carbocycles. The zero-order valence-electron chi connectivity index (χ0n) is 11.3. The second-order valence-corrected chi connectivity index (χ2v) is 6.03. The van der Waals surface area contributed by atoms with Crippen molar-refractivity contribution in [2.24, 2.45) is 0 Å². The molecule has 0 fully saturated rings. The first-order valence-electron chi connectivity index (χ1n) is 5.98. The van der Waals surface area contributed by atoms with Gasteiger partial charge in [0.05, 0.1) is 11.5 Å². The number of anilines is 1. The minimum Gasteiger partial charge on any atom is -0.399 e. The van der Waals surface area contributed by atoms with E-state index in [2.05, 4.69) is 4.72 Å². The SMILES string of the molecule is COCCN(C)CCNS(=O)(=O)c1cccc(N)c1. The van der Waals surface area contributed by atoms with Crippen LogP contribution < -0.4 is 10.5 Å². The van der Waals surface area contributed by atoms with Crippen molar-refractivity contribution < 1.29 is 13.2 Å². The number of nitrogens with one attached hydrogen (secondary N) is 1.